The van der Waals surface area contributed by atoms with Gasteiger partial charge in [-0.2, -0.15) is 0 Å². The number of hydrogen-bond acceptors (Lipinski definition) is 3. The van der Waals surface area contributed by atoms with Crippen LogP contribution < -0.4 is 11.1 Å². The van der Waals surface area contributed by atoms with Gasteiger partial charge in [0.15, 0.2) is 0 Å². The van der Waals surface area contributed by atoms with Gasteiger partial charge in [-0.25, -0.2) is 0 Å². The first-order valence-corrected chi connectivity index (χ1v) is 5.30. The Morgan fingerprint density at radius 1 is 1.21 bits per heavy atom. The smallest absolute Gasteiger partial charge is 0.0575 e. The van der Waals surface area contributed by atoms with Gasteiger partial charge in [0.2, 0.25) is 0 Å². The Hall–Kier alpha value is -0.560. The average Bonchev–Trinajstić information content (AvgIpc) is 2.21. The highest BCUT2D eigenvalue weighted by Gasteiger charge is 1.88. The van der Waals surface area contributed by atoms with Crippen LogP contribution in [0.5, 0.6) is 0 Å². The summed E-state index contributed by atoms with van der Waals surface area (Å²) in [5.41, 5.74) is 5.36. The Morgan fingerprint density at radius 3 is 2.71 bits per heavy atom. The summed E-state index contributed by atoms with van der Waals surface area (Å²) in [7, 11) is 0. The van der Waals surface area contributed by atoms with E-state index in [0.29, 0.717) is 0 Å². The minimum Gasteiger partial charge on any atom is -0.380 e. The lowest BCUT2D eigenvalue weighted by Gasteiger charge is -2.03. The maximum Gasteiger partial charge on any atom is 0.0575 e. The predicted molar refractivity (Wildman–Crippen MR) is 60.0 cm³/mol. The minimum absolute atomic E-state index is 0.754. The highest BCUT2D eigenvalue weighted by molar-refractivity contribution is 4.94. The topological polar surface area (TPSA) is 47.3 Å². The molecule has 0 fully saturated rings. The van der Waals surface area contributed by atoms with Gasteiger partial charge in [-0.15, -0.1) is 11.8 Å². The van der Waals surface area contributed by atoms with E-state index >= 15 is 0 Å². The van der Waals surface area contributed by atoms with Crippen molar-refractivity contribution in [3.05, 3.63) is 0 Å². The molecule has 0 aromatic heterocycles. The van der Waals surface area contributed by atoms with E-state index < -0.39 is 0 Å². The van der Waals surface area contributed by atoms with Crippen molar-refractivity contribution >= 4 is 0 Å². The molecule has 3 nitrogen and oxygen atoms in total. The van der Waals surface area contributed by atoms with Crippen molar-refractivity contribution in [1.29, 1.82) is 0 Å². The van der Waals surface area contributed by atoms with Crippen molar-refractivity contribution in [2.45, 2.75) is 26.2 Å². The largest absolute Gasteiger partial charge is 0.380 e. The molecule has 0 aromatic rings. The van der Waals surface area contributed by atoms with Gasteiger partial charge in [0.1, 0.15) is 0 Å². The molecule has 0 unspecified atom stereocenters. The maximum absolute atomic E-state index is 5.38. The molecule has 0 heterocycles. The summed E-state index contributed by atoms with van der Waals surface area (Å²) in [4.78, 5) is 0. The zero-order valence-electron chi connectivity index (χ0n) is 9.14. The third kappa shape index (κ3) is 11.4. The second kappa shape index (κ2) is 12.4. The molecule has 14 heavy (non-hydrogen) atoms. The molecule has 0 spiro atoms. The van der Waals surface area contributed by atoms with E-state index in [9.17, 15) is 0 Å². The molecular weight excluding hydrogens is 176 g/mol. The molecule has 82 valence electrons. The monoisotopic (exact) mass is 198 g/mol. The molecule has 0 radical (unpaired) electrons. The van der Waals surface area contributed by atoms with Crippen molar-refractivity contribution in [1.82, 2.24) is 5.32 Å². The number of nitrogens with one attached hydrogen (secondary N) is 1. The molecule has 0 saturated carbocycles. The number of nitrogens with two attached hydrogens (primary N) is 1. The molecule has 3 heteroatoms. The summed E-state index contributed by atoms with van der Waals surface area (Å²) in [5.74, 6) is 5.80. The number of rotatable bonds is 9. The quantitative estimate of drug-likeness (QED) is 0.424. The van der Waals surface area contributed by atoms with Crippen molar-refractivity contribution in [3.63, 3.8) is 0 Å². The van der Waals surface area contributed by atoms with E-state index in [2.05, 4.69) is 17.2 Å². The zero-order chi connectivity index (χ0) is 10.5. The zero-order valence-corrected chi connectivity index (χ0v) is 9.14. The predicted octanol–water partition coefficient (Wildman–Crippen LogP) is 0.745. The highest BCUT2D eigenvalue weighted by Crippen LogP contribution is 1.84. The number of ether oxygens (including phenoxy) is 1. The Morgan fingerprint density at radius 2 is 2.00 bits per heavy atom. The Bertz CT molecular complexity index is 160. The van der Waals surface area contributed by atoms with Crippen molar-refractivity contribution in [2.24, 2.45) is 5.73 Å². The Kier molecular flexibility index (Phi) is 11.9. The molecule has 0 amide bonds. The standard InChI is InChI=1S/C11H22N2O/c1-2-3-4-10-14-11-6-9-13-8-5-7-12/h13H,4-12H2,1H3. The Balaban J connectivity index is 2.87. The summed E-state index contributed by atoms with van der Waals surface area (Å²) < 4.78 is 5.38. The van der Waals surface area contributed by atoms with Crippen LogP contribution >= 0.6 is 0 Å². The Labute approximate surface area is 87.4 Å². The van der Waals surface area contributed by atoms with E-state index in [1.54, 1.807) is 0 Å². The molecule has 0 aliphatic rings. The summed E-state index contributed by atoms with van der Waals surface area (Å²) in [6.07, 6.45) is 2.95. The van der Waals surface area contributed by atoms with Crippen LogP contribution in [0.4, 0.5) is 0 Å². The summed E-state index contributed by atoms with van der Waals surface area (Å²) in [6.45, 7) is 6.21. The van der Waals surface area contributed by atoms with Crippen molar-refractivity contribution < 1.29 is 4.74 Å². The van der Waals surface area contributed by atoms with Crippen LogP contribution in [0.3, 0.4) is 0 Å². The molecule has 0 saturated heterocycles. The van der Waals surface area contributed by atoms with Crippen LogP contribution in [-0.2, 0) is 4.74 Å². The van der Waals surface area contributed by atoms with Crippen LogP contribution in [-0.4, -0.2) is 32.8 Å². The maximum atomic E-state index is 5.38. The highest BCUT2D eigenvalue weighted by atomic mass is 16.5. The average molecular weight is 198 g/mol. The third-order valence-electron chi connectivity index (χ3n) is 1.75. The van der Waals surface area contributed by atoms with Crippen LogP contribution in [0.25, 0.3) is 0 Å². The van der Waals surface area contributed by atoms with Gasteiger partial charge < -0.3 is 15.8 Å². The van der Waals surface area contributed by atoms with E-state index in [4.69, 9.17) is 10.5 Å². The molecular formula is C11H22N2O. The van der Waals surface area contributed by atoms with Gasteiger partial charge in [-0.3, -0.25) is 0 Å². The normalized spacial score (nSPS) is 9.57. The number of hydrogen-bond donors (Lipinski definition) is 2. The van der Waals surface area contributed by atoms with Crippen LogP contribution in [0.2, 0.25) is 0 Å². The molecule has 0 bridgehead atoms. The van der Waals surface area contributed by atoms with Crippen molar-refractivity contribution in [2.75, 3.05) is 32.8 Å². The van der Waals surface area contributed by atoms with E-state index in [0.717, 1.165) is 52.1 Å². The van der Waals surface area contributed by atoms with Gasteiger partial charge in [0.25, 0.3) is 0 Å². The first kappa shape index (κ1) is 13.4. The third-order valence-corrected chi connectivity index (χ3v) is 1.75. The minimum atomic E-state index is 0.754. The second-order valence-electron chi connectivity index (χ2n) is 3.03. The van der Waals surface area contributed by atoms with Crippen molar-refractivity contribution in [3.8, 4) is 11.8 Å². The van der Waals surface area contributed by atoms with E-state index in [1.807, 2.05) is 6.92 Å². The molecule has 0 aromatic carbocycles. The van der Waals surface area contributed by atoms with Gasteiger partial charge >= 0.3 is 0 Å². The van der Waals surface area contributed by atoms with Crippen LogP contribution in [0.1, 0.15) is 26.2 Å². The lowest BCUT2D eigenvalue weighted by atomic mass is 10.4. The van der Waals surface area contributed by atoms with E-state index in [-0.39, 0.29) is 0 Å². The fourth-order valence-electron chi connectivity index (χ4n) is 1.00. The second-order valence-corrected chi connectivity index (χ2v) is 3.03. The molecule has 0 rings (SSSR count). The first-order chi connectivity index (χ1) is 6.91. The van der Waals surface area contributed by atoms with Gasteiger partial charge in [0, 0.05) is 13.0 Å². The summed E-state index contributed by atoms with van der Waals surface area (Å²) in [5, 5.41) is 3.30. The fraction of sp³-hybridized carbons (Fsp3) is 0.818. The first-order valence-electron chi connectivity index (χ1n) is 5.30. The van der Waals surface area contributed by atoms with Crippen LogP contribution in [0, 0.1) is 11.8 Å². The molecule has 0 atom stereocenters. The molecule has 3 N–H and O–H groups in total. The van der Waals surface area contributed by atoms with Crippen LogP contribution in [0.15, 0.2) is 0 Å². The van der Waals surface area contributed by atoms with Gasteiger partial charge in [-0.05, 0) is 39.4 Å². The SMILES string of the molecule is CC#CCCOCCCNCCCN. The molecule has 0 aliphatic carbocycles. The summed E-state index contributed by atoms with van der Waals surface area (Å²) >= 11 is 0. The van der Waals surface area contributed by atoms with Gasteiger partial charge in [-0.1, -0.05) is 0 Å². The van der Waals surface area contributed by atoms with Gasteiger partial charge in [0.05, 0.1) is 6.61 Å². The lowest BCUT2D eigenvalue weighted by molar-refractivity contribution is 0.137. The lowest BCUT2D eigenvalue weighted by Crippen LogP contribution is -2.20. The molecule has 0 aliphatic heterocycles. The fourth-order valence-corrected chi connectivity index (χ4v) is 1.00. The van der Waals surface area contributed by atoms with E-state index in [1.165, 1.54) is 0 Å². The summed E-state index contributed by atoms with van der Waals surface area (Å²) in [6, 6.07) is 0.